The molecule has 1 nitrogen and oxygen atoms in total. The molecule has 0 amide bonds. The molecule has 16 heavy (non-hydrogen) atoms. The van der Waals surface area contributed by atoms with Gasteiger partial charge in [-0.05, 0) is 31.8 Å². The maximum absolute atomic E-state index is 2.68. The minimum atomic E-state index is 0.900. The maximum Gasteiger partial charge on any atom is 0.0121 e. The van der Waals surface area contributed by atoms with Crippen molar-refractivity contribution in [3.05, 3.63) is 0 Å². The SMILES string of the molecule is CC.CCCCCCC1C(C)CCN1CC. The van der Waals surface area contributed by atoms with Crippen molar-refractivity contribution >= 4 is 0 Å². The van der Waals surface area contributed by atoms with E-state index in [2.05, 4.69) is 25.7 Å². The third kappa shape index (κ3) is 5.34. The van der Waals surface area contributed by atoms with Gasteiger partial charge in [-0.15, -0.1) is 0 Å². The Morgan fingerprint density at radius 3 is 2.31 bits per heavy atom. The molecule has 0 aliphatic carbocycles. The molecule has 1 aliphatic heterocycles. The molecule has 0 aromatic carbocycles. The van der Waals surface area contributed by atoms with Crippen molar-refractivity contribution in [2.45, 2.75) is 79.2 Å². The second-order valence-corrected chi connectivity index (χ2v) is 4.81. The molecule has 1 rings (SSSR count). The van der Waals surface area contributed by atoms with E-state index in [1.165, 1.54) is 51.6 Å². The van der Waals surface area contributed by atoms with Gasteiger partial charge >= 0.3 is 0 Å². The largest absolute Gasteiger partial charge is 0.300 e. The van der Waals surface area contributed by atoms with Crippen molar-refractivity contribution in [1.29, 1.82) is 0 Å². The average molecular weight is 227 g/mol. The van der Waals surface area contributed by atoms with Crippen molar-refractivity contribution in [3.8, 4) is 0 Å². The molecule has 0 spiro atoms. The molecule has 0 saturated carbocycles. The van der Waals surface area contributed by atoms with Gasteiger partial charge < -0.3 is 4.90 Å². The lowest BCUT2D eigenvalue weighted by Gasteiger charge is -2.25. The zero-order chi connectivity index (χ0) is 12.4. The van der Waals surface area contributed by atoms with Crippen molar-refractivity contribution in [2.75, 3.05) is 13.1 Å². The van der Waals surface area contributed by atoms with Crippen molar-refractivity contribution < 1.29 is 0 Å². The normalized spacial score (nSPS) is 25.3. The Morgan fingerprint density at radius 1 is 1.06 bits per heavy atom. The second-order valence-electron chi connectivity index (χ2n) is 4.81. The Kier molecular flexibility index (Phi) is 10.1. The number of likely N-dealkylation sites (tertiary alicyclic amines) is 1. The number of rotatable bonds is 6. The second kappa shape index (κ2) is 10.1. The third-order valence-electron chi connectivity index (χ3n) is 3.76. The molecule has 0 N–H and O–H groups in total. The molecule has 1 heteroatoms. The van der Waals surface area contributed by atoms with Crippen LogP contribution in [-0.2, 0) is 0 Å². The molecule has 1 saturated heterocycles. The highest BCUT2D eigenvalue weighted by atomic mass is 15.2. The summed E-state index contributed by atoms with van der Waals surface area (Å²) in [5.41, 5.74) is 0. The summed E-state index contributed by atoms with van der Waals surface area (Å²) >= 11 is 0. The summed E-state index contributed by atoms with van der Waals surface area (Å²) in [4.78, 5) is 2.68. The molecule has 1 aliphatic rings. The third-order valence-corrected chi connectivity index (χ3v) is 3.76. The summed E-state index contributed by atoms with van der Waals surface area (Å²) in [6.45, 7) is 13.6. The van der Waals surface area contributed by atoms with Gasteiger partial charge in [0.1, 0.15) is 0 Å². The van der Waals surface area contributed by atoms with E-state index in [0.29, 0.717) is 0 Å². The van der Waals surface area contributed by atoms with Crippen LogP contribution >= 0.6 is 0 Å². The first-order valence-corrected chi connectivity index (χ1v) is 7.53. The summed E-state index contributed by atoms with van der Waals surface area (Å²) in [6, 6.07) is 0.900. The van der Waals surface area contributed by atoms with Gasteiger partial charge in [-0.3, -0.25) is 0 Å². The minimum absolute atomic E-state index is 0.900. The monoisotopic (exact) mass is 227 g/mol. The predicted octanol–water partition coefficient (Wildman–Crippen LogP) is 4.71. The lowest BCUT2D eigenvalue weighted by molar-refractivity contribution is 0.225. The fraction of sp³-hybridized carbons (Fsp3) is 1.00. The Bertz CT molecular complexity index is 144. The number of nitrogens with zero attached hydrogens (tertiary/aromatic N) is 1. The highest BCUT2D eigenvalue weighted by molar-refractivity contribution is 4.83. The van der Waals surface area contributed by atoms with Crippen LogP contribution in [0.3, 0.4) is 0 Å². The first-order chi connectivity index (χ1) is 7.79. The molecular formula is C15H33N. The van der Waals surface area contributed by atoms with Gasteiger partial charge in [0, 0.05) is 6.04 Å². The molecule has 98 valence electrons. The molecule has 0 aromatic rings. The zero-order valence-electron chi connectivity index (χ0n) is 12.3. The lowest BCUT2D eigenvalue weighted by Crippen LogP contribution is -2.31. The van der Waals surface area contributed by atoms with Crippen LogP contribution in [0.15, 0.2) is 0 Å². The van der Waals surface area contributed by atoms with Crippen LogP contribution in [0.5, 0.6) is 0 Å². The fourth-order valence-electron chi connectivity index (χ4n) is 2.73. The smallest absolute Gasteiger partial charge is 0.0121 e. The van der Waals surface area contributed by atoms with Gasteiger partial charge in [0.2, 0.25) is 0 Å². The van der Waals surface area contributed by atoms with Crippen LogP contribution in [0.25, 0.3) is 0 Å². The minimum Gasteiger partial charge on any atom is -0.300 e. The molecule has 2 atom stereocenters. The Hall–Kier alpha value is -0.0400. The Morgan fingerprint density at radius 2 is 1.75 bits per heavy atom. The van der Waals surface area contributed by atoms with Gasteiger partial charge in [0.05, 0.1) is 0 Å². The highest BCUT2D eigenvalue weighted by Crippen LogP contribution is 2.27. The van der Waals surface area contributed by atoms with Crippen LogP contribution in [-0.4, -0.2) is 24.0 Å². The number of hydrogen-bond donors (Lipinski definition) is 0. The van der Waals surface area contributed by atoms with Crippen molar-refractivity contribution in [1.82, 2.24) is 4.90 Å². The molecule has 1 fully saturated rings. The summed E-state index contributed by atoms with van der Waals surface area (Å²) < 4.78 is 0. The topological polar surface area (TPSA) is 3.24 Å². The molecule has 0 bridgehead atoms. The van der Waals surface area contributed by atoms with E-state index in [1.54, 1.807) is 0 Å². The van der Waals surface area contributed by atoms with Crippen LogP contribution in [0.4, 0.5) is 0 Å². The van der Waals surface area contributed by atoms with E-state index in [0.717, 1.165) is 12.0 Å². The first kappa shape index (κ1) is 16.0. The molecule has 0 aromatic heterocycles. The summed E-state index contributed by atoms with van der Waals surface area (Å²) in [5.74, 6) is 0.941. The standard InChI is InChI=1S/C13H27N.C2H6/c1-4-6-7-8-9-13-12(3)10-11-14(13)5-2;1-2/h12-13H,4-11H2,1-3H3;1-2H3. The van der Waals surface area contributed by atoms with E-state index >= 15 is 0 Å². The van der Waals surface area contributed by atoms with E-state index in [9.17, 15) is 0 Å². The van der Waals surface area contributed by atoms with Crippen LogP contribution < -0.4 is 0 Å². The van der Waals surface area contributed by atoms with Crippen LogP contribution in [0.2, 0.25) is 0 Å². The summed E-state index contributed by atoms with van der Waals surface area (Å²) in [7, 11) is 0. The summed E-state index contributed by atoms with van der Waals surface area (Å²) in [5, 5.41) is 0. The van der Waals surface area contributed by atoms with Gasteiger partial charge in [-0.2, -0.15) is 0 Å². The van der Waals surface area contributed by atoms with Crippen LogP contribution in [0, 0.1) is 5.92 Å². The number of hydrogen-bond acceptors (Lipinski definition) is 1. The Balaban J connectivity index is 0.00000106. The van der Waals surface area contributed by atoms with Crippen molar-refractivity contribution in [2.24, 2.45) is 5.92 Å². The van der Waals surface area contributed by atoms with E-state index in [-0.39, 0.29) is 0 Å². The van der Waals surface area contributed by atoms with Gasteiger partial charge in [-0.1, -0.05) is 60.3 Å². The van der Waals surface area contributed by atoms with E-state index in [1.807, 2.05) is 13.8 Å². The zero-order valence-corrected chi connectivity index (χ0v) is 12.3. The lowest BCUT2D eigenvalue weighted by atomic mass is 9.97. The quantitative estimate of drug-likeness (QED) is 0.594. The predicted molar refractivity (Wildman–Crippen MR) is 74.9 cm³/mol. The van der Waals surface area contributed by atoms with E-state index in [4.69, 9.17) is 0 Å². The first-order valence-electron chi connectivity index (χ1n) is 7.53. The van der Waals surface area contributed by atoms with Crippen molar-refractivity contribution in [3.63, 3.8) is 0 Å². The van der Waals surface area contributed by atoms with Crippen LogP contribution in [0.1, 0.15) is 73.1 Å². The van der Waals surface area contributed by atoms with E-state index < -0.39 is 0 Å². The maximum atomic E-state index is 2.68. The fourth-order valence-corrected chi connectivity index (χ4v) is 2.73. The molecule has 2 unspecified atom stereocenters. The molecule has 0 radical (unpaired) electrons. The number of unbranched alkanes of at least 4 members (excludes halogenated alkanes) is 3. The average Bonchev–Trinajstić information content (AvgIpc) is 2.68. The summed E-state index contributed by atoms with van der Waals surface area (Å²) in [6.07, 6.45) is 8.53. The highest BCUT2D eigenvalue weighted by Gasteiger charge is 2.28. The van der Waals surface area contributed by atoms with Gasteiger partial charge in [0.15, 0.2) is 0 Å². The van der Waals surface area contributed by atoms with Gasteiger partial charge in [-0.25, -0.2) is 0 Å². The molecule has 1 heterocycles. The molecular weight excluding hydrogens is 194 g/mol. The van der Waals surface area contributed by atoms with Gasteiger partial charge in [0.25, 0.3) is 0 Å². The Labute approximate surface area is 104 Å².